The average molecular weight is 192 g/mol. The first-order valence-electron chi connectivity index (χ1n) is 3.92. The molecule has 0 unspecified atom stereocenters. The van der Waals surface area contributed by atoms with Crippen LogP contribution >= 0.6 is 11.3 Å². The number of anilines is 1. The Kier molecular flexibility index (Phi) is 4.68. The van der Waals surface area contributed by atoms with E-state index in [0.29, 0.717) is 0 Å². The highest BCUT2D eigenvalue weighted by Crippen LogP contribution is 2.00. The van der Waals surface area contributed by atoms with E-state index in [-0.39, 0.29) is 0 Å². The van der Waals surface area contributed by atoms with Crippen LogP contribution in [-0.4, -0.2) is 0 Å². The lowest BCUT2D eigenvalue weighted by atomic mass is 10.3. The van der Waals surface area contributed by atoms with E-state index in [0.717, 1.165) is 5.69 Å². The van der Waals surface area contributed by atoms with E-state index in [1.165, 1.54) is 0 Å². The molecule has 0 spiro atoms. The Bertz CT molecular complexity index is 275. The monoisotopic (exact) mass is 192 g/mol. The molecular weight excluding hydrogens is 180 g/mol. The fraction of sp³-hybridized carbons (Fsp3) is 0. The van der Waals surface area contributed by atoms with E-state index in [1.54, 1.807) is 11.3 Å². The van der Waals surface area contributed by atoms with Gasteiger partial charge in [-0.05, 0) is 22.9 Å². The first kappa shape index (κ1) is 9.77. The van der Waals surface area contributed by atoms with E-state index in [2.05, 4.69) is 5.43 Å². The van der Waals surface area contributed by atoms with Crippen LogP contribution in [0.5, 0.6) is 0 Å². The number of nitrogen functional groups attached to an aromatic ring is 1. The maximum absolute atomic E-state index is 5.10. The van der Waals surface area contributed by atoms with Crippen molar-refractivity contribution in [2.24, 2.45) is 5.84 Å². The molecule has 1 aromatic heterocycles. The Labute approximate surface area is 82.0 Å². The van der Waals surface area contributed by atoms with Gasteiger partial charge >= 0.3 is 0 Å². The van der Waals surface area contributed by atoms with Gasteiger partial charge in [-0.1, -0.05) is 30.3 Å². The summed E-state index contributed by atoms with van der Waals surface area (Å²) in [5, 5.41) is 4.08. The van der Waals surface area contributed by atoms with Crippen molar-refractivity contribution in [3.8, 4) is 0 Å². The van der Waals surface area contributed by atoms with E-state index in [9.17, 15) is 0 Å². The third-order valence-corrected chi connectivity index (χ3v) is 1.99. The zero-order chi connectivity index (χ0) is 9.36. The Morgan fingerprint density at radius 3 is 1.85 bits per heavy atom. The van der Waals surface area contributed by atoms with Crippen LogP contribution in [0.25, 0.3) is 0 Å². The van der Waals surface area contributed by atoms with Crippen LogP contribution in [0.4, 0.5) is 5.69 Å². The Hall–Kier alpha value is -1.32. The van der Waals surface area contributed by atoms with Gasteiger partial charge in [-0.25, -0.2) is 0 Å². The molecule has 2 nitrogen and oxygen atoms in total. The molecule has 2 rings (SSSR count). The Morgan fingerprint density at radius 1 is 0.923 bits per heavy atom. The molecule has 0 saturated heterocycles. The zero-order valence-electron chi connectivity index (χ0n) is 7.18. The minimum absolute atomic E-state index is 0.938. The lowest BCUT2D eigenvalue weighted by Crippen LogP contribution is -2.05. The molecule has 0 bridgehead atoms. The smallest absolute Gasteiger partial charge is 0.0485 e. The molecule has 0 saturated carbocycles. The van der Waals surface area contributed by atoms with Crippen molar-refractivity contribution in [1.82, 2.24) is 0 Å². The molecule has 13 heavy (non-hydrogen) atoms. The van der Waals surface area contributed by atoms with Crippen molar-refractivity contribution in [3.05, 3.63) is 53.2 Å². The highest BCUT2D eigenvalue weighted by molar-refractivity contribution is 7.07. The average Bonchev–Trinajstić information content (AvgIpc) is 2.77. The maximum atomic E-state index is 5.10. The summed E-state index contributed by atoms with van der Waals surface area (Å²) in [6, 6.07) is 13.6. The van der Waals surface area contributed by atoms with Gasteiger partial charge in [0.1, 0.15) is 0 Å². The number of rotatable bonds is 1. The van der Waals surface area contributed by atoms with Gasteiger partial charge in [-0.3, -0.25) is 5.84 Å². The summed E-state index contributed by atoms with van der Waals surface area (Å²) in [5.41, 5.74) is 3.46. The number of hydrogen-bond donors (Lipinski definition) is 2. The number of benzene rings is 1. The molecule has 0 amide bonds. The number of para-hydroxylation sites is 1. The van der Waals surface area contributed by atoms with E-state index in [1.807, 2.05) is 53.2 Å². The predicted molar refractivity (Wildman–Crippen MR) is 58.6 cm³/mol. The van der Waals surface area contributed by atoms with Crippen molar-refractivity contribution in [3.63, 3.8) is 0 Å². The van der Waals surface area contributed by atoms with Crippen LogP contribution < -0.4 is 11.3 Å². The summed E-state index contributed by atoms with van der Waals surface area (Å²) in [7, 11) is 0. The van der Waals surface area contributed by atoms with E-state index < -0.39 is 0 Å². The highest BCUT2D eigenvalue weighted by Gasteiger charge is 1.78. The quantitative estimate of drug-likeness (QED) is 0.538. The molecule has 0 atom stereocenters. The largest absolute Gasteiger partial charge is 0.324 e. The van der Waals surface area contributed by atoms with Crippen LogP contribution in [0.15, 0.2) is 53.2 Å². The summed E-state index contributed by atoms with van der Waals surface area (Å²) in [5.74, 6) is 5.10. The molecule has 0 fully saturated rings. The SMILES string of the molecule is NNc1ccccc1.c1ccsc1. The standard InChI is InChI=1S/C6H8N2.C4H4S/c7-8-6-4-2-1-3-5-6;1-2-4-5-3-1/h1-5,8H,7H2;1-4H. The van der Waals surface area contributed by atoms with Crippen LogP contribution in [0, 0.1) is 0 Å². The van der Waals surface area contributed by atoms with Gasteiger partial charge in [0.15, 0.2) is 0 Å². The summed E-state index contributed by atoms with van der Waals surface area (Å²) >= 11 is 1.71. The van der Waals surface area contributed by atoms with Gasteiger partial charge in [0.2, 0.25) is 0 Å². The molecule has 3 heteroatoms. The first-order valence-corrected chi connectivity index (χ1v) is 4.86. The molecular formula is C10H12N2S. The lowest BCUT2D eigenvalue weighted by Gasteiger charge is -1.94. The molecule has 1 heterocycles. The predicted octanol–water partition coefficient (Wildman–Crippen LogP) is 2.72. The molecule has 2 aromatic rings. The van der Waals surface area contributed by atoms with Crippen molar-refractivity contribution < 1.29 is 0 Å². The number of nitrogens with two attached hydrogens (primary N) is 1. The minimum Gasteiger partial charge on any atom is -0.324 e. The zero-order valence-corrected chi connectivity index (χ0v) is 8.00. The van der Waals surface area contributed by atoms with Gasteiger partial charge in [-0.2, -0.15) is 11.3 Å². The Balaban J connectivity index is 0.000000145. The number of thiophene rings is 1. The number of hydrazine groups is 1. The normalized spacial score (nSPS) is 8.38. The van der Waals surface area contributed by atoms with Gasteiger partial charge in [0.25, 0.3) is 0 Å². The van der Waals surface area contributed by atoms with Crippen LogP contribution in [0.3, 0.4) is 0 Å². The van der Waals surface area contributed by atoms with Crippen molar-refractivity contribution in [2.75, 3.05) is 5.43 Å². The first-order chi connectivity index (χ1) is 6.43. The van der Waals surface area contributed by atoms with Crippen LogP contribution in [0.1, 0.15) is 0 Å². The molecule has 0 aliphatic rings. The van der Waals surface area contributed by atoms with Crippen molar-refractivity contribution in [1.29, 1.82) is 0 Å². The summed E-state index contributed by atoms with van der Waals surface area (Å²) in [4.78, 5) is 0. The van der Waals surface area contributed by atoms with E-state index in [4.69, 9.17) is 5.84 Å². The number of nitrogens with one attached hydrogen (secondary N) is 1. The molecule has 68 valence electrons. The summed E-state index contributed by atoms with van der Waals surface area (Å²) < 4.78 is 0. The third-order valence-electron chi connectivity index (χ3n) is 1.37. The van der Waals surface area contributed by atoms with E-state index >= 15 is 0 Å². The molecule has 1 aromatic carbocycles. The second-order valence-electron chi connectivity index (χ2n) is 2.30. The Morgan fingerprint density at radius 2 is 1.54 bits per heavy atom. The summed E-state index contributed by atoms with van der Waals surface area (Å²) in [6.07, 6.45) is 0. The minimum atomic E-state index is 0.938. The molecule has 0 aliphatic carbocycles. The second-order valence-corrected chi connectivity index (χ2v) is 3.12. The van der Waals surface area contributed by atoms with Crippen LogP contribution in [-0.2, 0) is 0 Å². The van der Waals surface area contributed by atoms with Gasteiger partial charge in [0, 0.05) is 5.69 Å². The van der Waals surface area contributed by atoms with Gasteiger partial charge in [-0.15, -0.1) is 0 Å². The van der Waals surface area contributed by atoms with Crippen LogP contribution in [0.2, 0.25) is 0 Å². The highest BCUT2D eigenvalue weighted by atomic mass is 32.1. The topological polar surface area (TPSA) is 38.0 Å². The van der Waals surface area contributed by atoms with Gasteiger partial charge in [0.05, 0.1) is 0 Å². The fourth-order valence-electron chi connectivity index (χ4n) is 0.761. The fourth-order valence-corrected chi connectivity index (χ4v) is 1.21. The summed E-state index contributed by atoms with van der Waals surface area (Å²) in [6.45, 7) is 0. The van der Waals surface area contributed by atoms with Crippen molar-refractivity contribution >= 4 is 17.0 Å². The van der Waals surface area contributed by atoms with Gasteiger partial charge < -0.3 is 5.43 Å². The second kappa shape index (κ2) is 6.22. The number of hydrogen-bond acceptors (Lipinski definition) is 3. The lowest BCUT2D eigenvalue weighted by molar-refractivity contribution is 1.35. The maximum Gasteiger partial charge on any atom is 0.0485 e. The molecule has 3 N–H and O–H groups in total. The molecule has 0 aliphatic heterocycles. The molecule has 0 radical (unpaired) electrons. The third kappa shape index (κ3) is 4.30. The van der Waals surface area contributed by atoms with Crippen molar-refractivity contribution in [2.45, 2.75) is 0 Å².